The van der Waals surface area contributed by atoms with Gasteiger partial charge in [0.1, 0.15) is 12.3 Å². The number of aromatic amines is 1. The summed E-state index contributed by atoms with van der Waals surface area (Å²) in [6.45, 7) is 4.31. The number of aromatic nitrogens is 1. The third-order valence-corrected chi connectivity index (χ3v) is 7.33. The molecule has 2 aromatic carbocycles. The number of benzene rings is 2. The maximum atomic E-state index is 13.3. The van der Waals surface area contributed by atoms with Gasteiger partial charge in [0.2, 0.25) is 5.92 Å². The minimum atomic E-state index is -2.42. The van der Waals surface area contributed by atoms with Crippen molar-refractivity contribution in [2.24, 2.45) is 5.41 Å². The zero-order valence-corrected chi connectivity index (χ0v) is 29.4. The molecule has 1 amide bonds. The van der Waals surface area contributed by atoms with Crippen LogP contribution in [0.15, 0.2) is 48.7 Å². The fourth-order valence-electron chi connectivity index (χ4n) is 5.44. The van der Waals surface area contributed by atoms with E-state index in [9.17, 15) is 18.4 Å². The number of rotatable bonds is 6. The Morgan fingerprint density at radius 2 is 1.77 bits per heavy atom. The molecule has 0 radical (unpaired) electrons. The Balaban J connectivity index is 0.000000307. The number of hydrogen-bond acceptors (Lipinski definition) is 4. The molecule has 1 aliphatic heterocycles. The molecule has 206 valence electrons. The van der Waals surface area contributed by atoms with E-state index in [0.29, 0.717) is 5.56 Å². The van der Waals surface area contributed by atoms with Gasteiger partial charge in [-0.2, -0.15) is 0 Å². The van der Waals surface area contributed by atoms with Crippen molar-refractivity contribution in [3.05, 3.63) is 72.8 Å². The number of hydrogen-bond donors (Lipinski definition) is 3. The summed E-state index contributed by atoms with van der Waals surface area (Å²) < 4.78 is 32.1. The molecule has 2 fully saturated rings. The Bertz CT molecular complexity index is 1250. The van der Waals surface area contributed by atoms with Crippen LogP contribution in [0.2, 0.25) is 0 Å². The Labute approximate surface area is 287 Å². The van der Waals surface area contributed by atoms with Crippen LogP contribution in [0, 0.1) is 19.8 Å². The Hall–Kier alpha value is -1.41. The second-order valence-electron chi connectivity index (χ2n) is 10.1. The summed E-state index contributed by atoms with van der Waals surface area (Å²) in [6.07, 6.45) is 3.90. The van der Waals surface area contributed by atoms with Gasteiger partial charge in [-0.25, -0.2) is 8.78 Å². The van der Waals surface area contributed by atoms with Gasteiger partial charge in [0, 0.05) is 47.6 Å². The number of carboxylic acid groups (broad SMARTS) is 1. The van der Waals surface area contributed by atoms with Crippen LogP contribution in [-0.4, -0.2) is 59.5 Å². The Morgan fingerprint density at radius 3 is 2.33 bits per heavy atom. The molecule has 39 heavy (non-hydrogen) atoms. The quantitative estimate of drug-likeness (QED) is 0.353. The predicted octanol–water partition coefficient (Wildman–Crippen LogP) is 2.45. The summed E-state index contributed by atoms with van der Waals surface area (Å²) in [6, 6.07) is 12.6. The third-order valence-electron chi connectivity index (χ3n) is 7.33. The summed E-state index contributed by atoms with van der Waals surface area (Å²) in [5.41, 5.74) is 3.88. The number of carbonyl (C=O) groups excluding carboxylic acids is 1. The minimum Gasteiger partial charge on any atom is -0.496 e. The van der Waals surface area contributed by atoms with Gasteiger partial charge in [-0.1, -0.05) is 18.2 Å². The molecule has 10 heteroatoms. The average molecular weight is 662 g/mol. The van der Waals surface area contributed by atoms with Gasteiger partial charge in [-0.15, -0.1) is 0 Å². The minimum absolute atomic E-state index is 0. The van der Waals surface area contributed by atoms with Gasteiger partial charge >= 0.3 is 74.9 Å². The van der Waals surface area contributed by atoms with Crippen molar-refractivity contribution < 1.29 is 97.1 Å². The van der Waals surface area contributed by atoms with Crippen LogP contribution in [0.5, 0.6) is 5.75 Å². The molecule has 0 unspecified atom stereocenters. The molecule has 1 spiro atoms. The van der Waals surface area contributed by atoms with E-state index in [0.717, 1.165) is 43.7 Å². The Kier molecular flexibility index (Phi) is 12.5. The van der Waals surface area contributed by atoms with Crippen molar-refractivity contribution in [1.82, 2.24) is 15.2 Å². The molecule has 1 aliphatic carbocycles. The van der Waals surface area contributed by atoms with Crippen molar-refractivity contribution in [2.75, 3.05) is 26.7 Å². The second kappa shape index (κ2) is 14.5. The van der Waals surface area contributed by atoms with Crippen molar-refractivity contribution >= 4 is 22.8 Å². The number of ether oxygens (including phenoxy) is 1. The number of carbonyl (C=O) groups is 2. The van der Waals surface area contributed by atoms with E-state index in [1.54, 1.807) is 37.4 Å². The molecule has 5 rings (SSSR count). The first-order valence-electron chi connectivity index (χ1n) is 12.4. The molecule has 0 atom stereocenters. The number of methoxy groups -OCH3 is 1. The molecular formula is C29H36CsF2N3O4. The number of aliphatic carboxylic acids is 1. The van der Waals surface area contributed by atoms with Gasteiger partial charge < -0.3 is 27.6 Å². The van der Waals surface area contributed by atoms with Crippen molar-refractivity contribution in [1.29, 1.82) is 0 Å². The van der Waals surface area contributed by atoms with Crippen LogP contribution in [0.4, 0.5) is 8.78 Å². The molecule has 1 aromatic heterocycles. The number of nitrogens with zero attached hydrogens (tertiary/aromatic N) is 1. The van der Waals surface area contributed by atoms with E-state index in [2.05, 4.69) is 34.3 Å². The SMILES string of the molecule is COc1cc(C)c2[nH]ccc2c1CN1CCC2(CC1)CC(F)(F)C2.O=C(O)CNC(=O)c1ccccc1.[CH3-].[Cs+]. The topological polar surface area (TPSA) is 94.7 Å². The molecule has 7 nitrogen and oxygen atoms in total. The van der Waals surface area contributed by atoms with Crippen LogP contribution >= 0.6 is 0 Å². The molecular weight excluding hydrogens is 625 g/mol. The number of aryl methyl sites for hydroxylation is 1. The average Bonchev–Trinajstić information content (AvgIpc) is 3.36. The zero-order valence-electron chi connectivity index (χ0n) is 23.2. The van der Waals surface area contributed by atoms with E-state index in [1.807, 2.05) is 6.20 Å². The first kappa shape index (κ1) is 33.8. The molecule has 3 aromatic rings. The number of fused-ring (bicyclic) bond motifs is 1. The number of amides is 1. The fourth-order valence-corrected chi connectivity index (χ4v) is 5.44. The van der Waals surface area contributed by atoms with E-state index in [1.165, 1.54) is 16.5 Å². The molecule has 2 aliphatic rings. The Morgan fingerprint density at radius 1 is 1.13 bits per heavy atom. The molecule has 2 heterocycles. The van der Waals surface area contributed by atoms with Crippen molar-refractivity contribution in [3.63, 3.8) is 0 Å². The van der Waals surface area contributed by atoms with Gasteiger partial charge in [-0.3, -0.25) is 14.5 Å². The van der Waals surface area contributed by atoms with Crippen LogP contribution in [0.25, 0.3) is 10.9 Å². The summed E-state index contributed by atoms with van der Waals surface area (Å²) in [4.78, 5) is 27.0. The number of nitrogens with one attached hydrogen (secondary N) is 2. The van der Waals surface area contributed by atoms with E-state index in [-0.39, 0.29) is 107 Å². The van der Waals surface area contributed by atoms with E-state index < -0.39 is 11.9 Å². The van der Waals surface area contributed by atoms with Crippen LogP contribution < -0.4 is 78.9 Å². The number of H-pyrrole nitrogens is 1. The number of halogens is 2. The van der Waals surface area contributed by atoms with Crippen LogP contribution in [0.3, 0.4) is 0 Å². The van der Waals surface area contributed by atoms with Gasteiger partial charge in [0.15, 0.2) is 0 Å². The third kappa shape index (κ3) is 8.54. The van der Waals surface area contributed by atoms with Crippen LogP contribution in [-0.2, 0) is 11.3 Å². The molecule has 1 saturated heterocycles. The van der Waals surface area contributed by atoms with E-state index in [4.69, 9.17) is 9.84 Å². The predicted molar refractivity (Wildman–Crippen MR) is 144 cm³/mol. The molecule has 1 saturated carbocycles. The number of piperidine rings is 1. The summed E-state index contributed by atoms with van der Waals surface area (Å²) in [7, 11) is 1.71. The van der Waals surface area contributed by atoms with Gasteiger partial charge in [0.25, 0.3) is 5.91 Å². The van der Waals surface area contributed by atoms with Gasteiger partial charge in [-0.05, 0) is 68.1 Å². The van der Waals surface area contributed by atoms with E-state index >= 15 is 0 Å². The normalized spacial score (nSPS) is 17.0. The maximum Gasteiger partial charge on any atom is 1.00 e. The number of likely N-dealkylation sites (tertiary alicyclic amines) is 1. The standard InChI is InChI=1S/C19H24F2N2O.C9H9NO3.CH3.Cs/c1-13-9-16(24-2)15(14-3-6-22-17(13)14)10-23-7-4-18(5-8-23)11-19(20,21)12-18;11-8(12)6-10-9(13)7-4-2-1-3-5-7;;/h3,6,9,22H,4-5,7-8,10-12H2,1-2H3;1-5H,6H2,(H,10,13)(H,11,12);1H3;/q;;-1;+1. The summed E-state index contributed by atoms with van der Waals surface area (Å²) >= 11 is 0. The summed E-state index contributed by atoms with van der Waals surface area (Å²) in [5.74, 6) is -2.93. The van der Waals surface area contributed by atoms with Crippen molar-refractivity contribution in [2.45, 2.75) is 45.1 Å². The fraction of sp³-hybridized carbons (Fsp3) is 0.414. The first-order valence-corrected chi connectivity index (χ1v) is 12.4. The smallest absolute Gasteiger partial charge is 0.496 e. The number of alkyl halides is 2. The number of carboxylic acids is 1. The second-order valence-corrected chi connectivity index (χ2v) is 10.1. The zero-order chi connectivity index (χ0) is 26.6. The van der Waals surface area contributed by atoms with Gasteiger partial charge in [0.05, 0.1) is 7.11 Å². The van der Waals surface area contributed by atoms with Crippen LogP contribution in [0.1, 0.15) is 47.2 Å². The van der Waals surface area contributed by atoms with Crippen molar-refractivity contribution in [3.8, 4) is 5.75 Å². The first-order chi connectivity index (χ1) is 17.6. The molecule has 0 bridgehead atoms. The molecule has 3 N–H and O–H groups in total. The summed E-state index contributed by atoms with van der Waals surface area (Å²) in [5, 5.41) is 11.8. The maximum absolute atomic E-state index is 13.3. The largest absolute Gasteiger partial charge is 1.00 e. The monoisotopic (exact) mass is 661 g/mol.